The molecule has 2 unspecified atom stereocenters. The Morgan fingerprint density at radius 2 is 2.31 bits per heavy atom. The van der Waals surface area contributed by atoms with Gasteiger partial charge in [-0.25, -0.2) is 0 Å². The van der Waals surface area contributed by atoms with Crippen LogP contribution >= 0.6 is 11.8 Å². The van der Waals surface area contributed by atoms with Gasteiger partial charge in [0, 0.05) is 24.8 Å². The van der Waals surface area contributed by atoms with Crippen LogP contribution in [0.5, 0.6) is 0 Å². The summed E-state index contributed by atoms with van der Waals surface area (Å²) >= 11 is 2.04. The highest BCUT2D eigenvalue weighted by Crippen LogP contribution is 2.21. The quantitative estimate of drug-likeness (QED) is 0.705. The molecule has 1 heterocycles. The Labute approximate surface area is 85.1 Å². The number of rotatable bonds is 3. The maximum atomic E-state index is 8.40. The first-order valence-corrected chi connectivity index (χ1v) is 6.16. The molecule has 0 spiro atoms. The van der Waals surface area contributed by atoms with Crippen molar-refractivity contribution in [2.24, 2.45) is 5.92 Å². The second-order valence-electron chi connectivity index (χ2n) is 3.78. The van der Waals surface area contributed by atoms with Crippen LogP contribution in [0.2, 0.25) is 0 Å². The van der Waals surface area contributed by atoms with Crippen LogP contribution in [0.4, 0.5) is 0 Å². The molecule has 2 atom stereocenters. The van der Waals surface area contributed by atoms with Crippen LogP contribution in [-0.4, -0.2) is 24.1 Å². The summed E-state index contributed by atoms with van der Waals surface area (Å²) in [6, 6.07) is 2.80. The van der Waals surface area contributed by atoms with E-state index in [-0.39, 0.29) is 0 Å². The van der Waals surface area contributed by atoms with Gasteiger partial charge in [-0.2, -0.15) is 17.0 Å². The molecule has 0 aliphatic carbocycles. The molecule has 3 heteroatoms. The summed E-state index contributed by atoms with van der Waals surface area (Å²) in [6.45, 7) is 3.18. The Balaban J connectivity index is 2.15. The first-order chi connectivity index (χ1) is 6.33. The molecule has 74 valence electrons. The van der Waals surface area contributed by atoms with E-state index in [0.29, 0.717) is 12.5 Å². The third-order valence-corrected chi connectivity index (χ3v) is 3.84. The van der Waals surface area contributed by atoms with Crippen LogP contribution in [0.1, 0.15) is 26.2 Å². The average Bonchev–Trinajstić information content (AvgIpc) is 2.32. The molecule has 0 saturated carbocycles. The highest BCUT2D eigenvalue weighted by Gasteiger charge is 2.15. The molecule has 1 N–H and O–H groups in total. The van der Waals surface area contributed by atoms with E-state index in [0.717, 1.165) is 12.5 Å². The van der Waals surface area contributed by atoms with Crippen LogP contribution in [0, 0.1) is 17.2 Å². The number of nitrogens with one attached hydrogen (secondary N) is 1. The Kier molecular flexibility index (Phi) is 5.26. The summed E-state index contributed by atoms with van der Waals surface area (Å²) < 4.78 is 0. The molecule has 1 aliphatic heterocycles. The van der Waals surface area contributed by atoms with E-state index in [1.165, 1.54) is 24.3 Å². The lowest BCUT2D eigenvalue weighted by molar-refractivity contribution is 0.473. The van der Waals surface area contributed by atoms with Crippen LogP contribution < -0.4 is 5.32 Å². The zero-order valence-electron chi connectivity index (χ0n) is 8.25. The van der Waals surface area contributed by atoms with Gasteiger partial charge < -0.3 is 5.32 Å². The molecule has 0 aromatic rings. The van der Waals surface area contributed by atoms with E-state index in [2.05, 4.69) is 18.3 Å². The summed E-state index contributed by atoms with van der Waals surface area (Å²) in [5.74, 6) is 3.39. The smallest absolute Gasteiger partial charge is 0.0635 e. The molecule has 1 fully saturated rings. The van der Waals surface area contributed by atoms with Crippen molar-refractivity contribution in [1.29, 1.82) is 5.26 Å². The molecule has 1 rings (SSSR count). The maximum absolute atomic E-state index is 8.40. The van der Waals surface area contributed by atoms with E-state index >= 15 is 0 Å². The number of hydrogen-bond donors (Lipinski definition) is 1. The van der Waals surface area contributed by atoms with E-state index < -0.39 is 0 Å². The fourth-order valence-electron chi connectivity index (χ4n) is 1.56. The molecule has 0 amide bonds. The van der Waals surface area contributed by atoms with Gasteiger partial charge in [-0.05, 0) is 24.5 Å². The molecule has 0 bridgehead atoms. The van der Waals surface area contributed by atoms with Crippen molar-refractivity contribution in [1.82, 2.24) is 5.32 Å². The minimum absolute atomic E-state index is 0.636. The SMILES string of the molecule is CC1CCC(NCCC#N)CSC1. The van der Waals surface area contributed by atoms with Gasteiger partial charge >= 0.3 is 0 Å². The largest absolute Gasteiger partial charge is 0.312 e. The lowest BCUT2D eigenvalue weighted by atomic mass is 10.0. The van der Waals surface area contributed by atoms with Crippen molar-refractivity contribution >= 4 is 11.8 Å². The van der Waals surface area contributed by atoms with E-state index in [1.807, 2.05) is 11.8 Å². The fourth-order valence-corrected chi connectivity index (χ4v) is 2.83. The molecular weight excluding hydrogens is 180 g/mol. The molecule has 0 aromatic carbocycles. The molecule has 1 aliphatic rings. The summed E-state index contributed by atoms with van der Waals surface area (Å²) in [4.78, 5) is 0. The van der Waals surface area contributed by atoms with Gasteiger partial charge in [0.1, 0.15) is 0 Å². The normalized spacial score (nSPS) is 29.2. The molecule has 13 heavy (non-hydrogen) atoms. The zero-order valence-corrected chi connectivity index (χ0v) is 9.07. The monoisotopic (exact) mass is 198 g/mol. The van der Waals surface area contributed by atoms with Gasteiger partial charge in [-0.15, -0.1) is 0 Å². The van der Waals surface area contributed by atoms with Gasteiger partial charge in [0.25, 0.3) is 0 Å². The summed E-state index contributed by atoms with van der Waals surface area (Å²) in [5, 5.41) is 11.8. The van der Waals surface area contributed by atoms with Gasteiger partial charge in [-0.1, -0.05) is 6.92 Å². The second kappa shape index (κ2) is 6.28. The van der Waals surface area contributed by atoms with Crippen molar-refractivity contribution in [2.45, 2.75) is 32.2 Å². The fraction of sp³-hybridized carbons (Fsp3) is 0.900. The molecule has 0 aromatic heterocycles. The van der Waals surface area contributed by atoms with Gasteiger partial charge in [-0.3, -0.25) is 0 Å². The number of nitrogens with zero attached hydrogens (tertiary/aromatic N) is 1. The van der Waals surface area contributed by atoms with Crippen LogP contribution in [0.15, 0.2) is 0 Å². The second-order valence-corrected chi connectivity index (χ2v) is 4.85. The van der Waals surface area contributed by atoms with Gasteiger partial charge in [0.15, 0.2) is 0 Å². The van der Waals surface area contributed by atoms with Gasteiger partial charge in [0.2, 0.25) is 0 Å². The standard InChI is InChI=1S/C10H18N2S/c1-9-3-4-10(8-13-7-9)12-6-2-5-11/h9-10,12H,2-4,6-8H2,1H3. The Morgan fingerprint density at radius 1 is 1.46 bits per heavy atom. The summed E-state index contributed by atoms with van der Waals surface area (Å²) in [5.41, 5.74) is 0. The Hall–Kier alpha value is -0.200. The molecular formula is C10H18N2S. The van der Waals surface area contributed by atoms with Crippen molar-refractivity contribution in [3.63, 3.8) is 0 Å². The van der Waals surface area contributed by atoms with Crippen molar-refractivity contribution in [2.75, 3.05) is 18.1 Å². The third-order valence-electron chi connectivity index (χ3n) is 2.40. The summed E-state index contributed by atoms with van der Waals surface area (Å²) in [6.07, 6.45) is 3.24. The van der Waals surface area contributed by atoms with Crippen LogP contribution in [0.25, 0.3) is 0 Å². The summed E-state index contributed by atoms with van der Waals surface area (Å²) in [7, 11) is 0. The third kappa shape index (κ3) is 4.54. The predicted molar refractivity (Wildman–Crippen MR) is 57.7 cm³/mol. The maximum Gasteiger partial charge on any atom is 0.0635 e. The minimum atomic E-state index is 0.636. The highest BCUT2D eigenvalue weighted by atomic mass is 32.2. The lowest BCUT2D eigenvalue weighted by Crippen LogP contribution is -2.31. The Morgan fingerprint density at radius 3 is 3.08 bits per heavy atom. The first-order valence-electron chi connectivity index (χ1n) is 5.01. The van der Waals surface area contributed by atoms with E-state index in [1.54, 1.807) is 0 Å². The number of thioether (sulfide) groups is 1. The molecule has 2 nitrogen and oxygen atoms in total. The minimum Gasteiger partial charge on any atom is -0.312 e. The van der Waals surface area contributed by atoms with Gasteiger partial charge in [0.05, 0.1) is 6.07 Å². The van der Waals surface area contributed by atoms with Crippen molar-refractivity contribution in [3.8, 4) is 6.07 Å². The van der Waals surface area contributed by atoms with Crippen molar-refractivity contribution in [3.05, 3.63) is 0 Å². The number of nitriles is 1. The average molecular weight is 198 g/mol. The topological polar surface area (TPSA) is 35.8 Å². The van der Waals surface area contributed by atoms with E-state index in [9.17, 15) is 0 Å². The zero-order chi connectivity index (χ0) is 9.52. The van der Waals surface area contributed by atoms with Crippen molar-refractivity contribution < 1.29 is 0 Å². The Bertz CT molecular complexity index is 176. The first kappa shape index (κ1) is 10.9. The number of hydrogen-bond acceptors (Lipinski definition) is 3. The molecule has 1 saturated heterocycles. The highest BCUT2D eigenvalue weighted by molar-refractivity contribution is 7.99. The van der Waals surface area contributed by atoms with Crippen LogP contribution in [-0.2, 0) is 0 Å². The predicted octanol–water partition coefficient (Wildman–Crippen LogP) is 2.02. The lowest BCUT2D eigenvalue weighted by Gasteiger charge is -2.14. The van der Waals surface area contributed by atoms with Crippen LogP contribution in [0.3, 0.4) is 0 Å². The van der Waals surface area contributed by atoms with E-state index in [4.69, 9.17) is 5.26 Å². The molecule has 0 radical (unpaired) electrons.